The van der Waals surface area contributed by atoms with Crippen molar-refractivity contribution in [3.05, 3.63) is 107 Å². The molecule has 0 saturated heterocycles. The van der Waals surface area contributed by atoms with E-state index >= 15 is 0 Å². The summed E-state index contributed by atoms with van der Waals surface area (Å²) in [6, 6.07) is 25.5. The molecule has 0 fully saturated rings. The maximum atomic E-state index is 12.8. The highest BCUT2D eigenvalue weighted by atomic mass is 35.5. The van der Waals surface area contributed by atoms with Crippen molar-refractivity contribution in [3.8, 4) is 17.1 Å². The predicted octanol–water partition coefficient (Wildman–Crippen LogP) is 5.92. The van der Waals surface area contributed by atoms with Gasteiger partial charge in [0.2, 0.25) is 0 Å². The lowest BCUT2D eigenvalue weighted by atomic mass is 10.1. The smallest absolute Gasteiger partial charge is 0.255 e. The Balaban J connectivity index is 1.48. The van der Waals surface area contributed by atoms with Crippen LogP contribution < -0.4 is 10.1 Å². The molecule has 0 spiro atoms. The first-order valence-electron chi connectivity index (χ1n) is 9.70. The number of benzene rings is 3. The lowest BCUT2D eigenvalue weighted by Crippen LogP contribution is -2.12. The van der Waals surface area contributed by atoms with Gasteiger partial charge in [0, 0.05) is 11.1 Å². The molecule has 1 amide bonds. The normalized spacial score (nSPS) is 10.6. The van der Waals surface area contributed by atoms with E-state index in [2.05, 4.69) is 5.32 Å². The molecule has 0 aliphatic rings. The Labute approximate surface area is 184 Å². The van der Waals surface area contributed by atoms with E-state index in [0.29, 0.717) is 40.2 Å². The fourth-order valence-corrected chi connectivity index (χ4v) is 3.22. The molecule has 0 aliphatic carbocycles. The molecule has 2 N–H and O–H groups in total. The molecule has 0 bridgehead atoms. The van der Waals surface area contributed by atoms with Crippen molar-refractivity contribution in [2.24, 2.45) is 0 Å². The van der Waals surface area contributed by atoms with Gasteiger partial charge in [0.05, 0.1) is 10.7 Å². The fraction of sp³-hybridized carbons (Fsp3) is 0.0800. The Hall–Kier alpha value is -3.54. The molecule has 31 heavy (non-hydrogen) atoms. The minimum atomic E-state index is -0.306. The van der Waals surface area contributed by atoms with E-state index in [1.54, 1.807) is 48.5 Å². The fourth-order valence-electron chi connectivity index (χ4n) is 3.05. The molecule has 0 saturated carbocycles. The first kappa shape index (κ1) is 20.7. The van der Waals surface area contributed by atoms with Crippen molar-refractivity contribution in [3.63, 3.8) is 0 Å². The highest BCUT2D eigenvalue weighted by Crippen LogP contribution is 2.30. The molecule has 0 atom stereocenters. The Bertz CT molecular complexity index is 1190. The van der Waals surface area contributed by atoms with Crippen LogP contribution in [-0.4, -0.2) is 11.0 Å². The van der Waals surface area contributed by atoms with Gasteiger partial charge in [0.15, 0.2) is 0 Å². The number of ether oxygens (including phenoxy) is 1. The van der Waals surface area contributed by atoms with Crippen molar-refractivity contribution < 1.29 is 19.1 Å². The number of carbonyl (C=O) groups excluding carboxylic acids is 1. The van der Waals surface area contributed by atoms with Crippen LogP contribution in [0.2, 0.25) is 5.02 Å². The van der Waals surface area contributed by atoms with E-state index in [-0.39, 0.29) is 12.5 Å². The Morgan fingerprint density at radius 1 is 0.968 bits per heavy atom. The summed E-state index contributed by atoms with van der Waals surface area (Å²) in [4.78, 5) is 12.8. The number of amides is 1. The summed E-state index contributed by atoms with van der Waals surface area (Å²) in [6.07, 6.45) is 0. The highest BCUT2D eigenvalue weighted by molar-refractivity contribution is 6.34. The number of furan rings is 1. The van der Waals surface area contributed by atoms with Gasteiger partial charge in [-0.2, -0.15) is 0 Å². The van der Waals surface area contributed by atoms with Crippen LogP contribution in [0.1, 0.15) is 21.7 Å². The van der Waals surface area contributed by atoms with Crippen molar-refractivity contribution >= 4 is 23.2 Å². The van der Waals surface area contributed by atoms with Gasteiger partial charge < -0.3 is 19.6 Å². The molecule has 0 aliphatic heterocycles. The standard InChI is InChI=1S/C25H20ClNO4/c26-22-11-9-18(24-12-10-21(15-28)31-24)14-23(22)27-25(29)19-7-4-8-20(13-19)30-16-17-5-2-1-3-6-17/h1-14,28H,15-16H2,(H,27,29). The third kappa shape index (κ3) is 5.15. The largest absolute Gasteiger partial charge is 0.489 e. The van der Waals surface area contributed by atoms with E-state index in [1.165, 1.54) is 0 Å². The molecule has 3 aromatic carbocycles. The molecular weight excluding hydrogens is 414 g/mol. The Kier molecular flexibility index (Phi) is 6.36. The quantitative estimate of drug-likeness (QED) is 0.379. The molecule has 6 heteroatoms. The second-order valence-corrected chi connectivity index (χ2v) is 7.28. The topological polar surface area (TPSA) is 71.7 Å². The van der Waals surface area contributed by atoms with E-state index in [4.69, 9.17) is 20.8 Å². The van der Waals surface area contributed by atoms with E-state index in [0.717, 1.165) is 11.1 Å². The summed E-state index contributed by atoms with van der Waals surface area (Å²) in [7, 11) is 0. The maximum absolute atomic E-state index is 12.8. The van der Waals surface area contributed by atoms with Crippen molar-refractivity contribution in [2.75, 3.05) is 5.32 Å². The van der Waals surface area contributed by atoms with Crippen LogP contribution in [0.25, 0.3) is 11.3 Å². The molecular formula is C25H20ClNO4. The van der Waals surface area contributed by atoms with Crippen molar-refractivity contribution in [2.45, 2.75) is 13.2 Å². The summed E-state index contributed by atoms with van der Waals surface area (Å²) >= 11 is 6.29. The second-order valence-electron chi connectivity index (χ2n) is 6.87. The van der Waals surface area contributed by atoms with Gasteiger partial charge in [-0.15, -0.1) is 0 Å². The molecule has 156 valence electrons. The van der Waals surface area contributed by atoms with Gasteiger partial charge in [-0.05, 0) is 54.1 Å². The van der Waals surface area contributed by atoms with Crippen LogP contribution in [0, 0.1) is 0 Å². The number of hydrogen-bond donors (Lipinski definition) is 2. The summed E-state index contributed by atoms with van der Waals surface area (Å²) in [6.45, 7) is 0.235. The highest BCUT2D eigenvalue weighted by Gasteiger charge is 2.12. The third-order valence-electron chi connectivity index (χ3n) is 4.66. The monoisotopic (exact) mass is 433 g/mol. The number of hydrogen-bond acceptors (Lipinski definition) is 4. The van der Waals surface area contributed by atoms with Crippen LogP contribution in [0.3, 0.4) is 0 Å². The lowest BCUT2D eigenvalue weighted by molar-refractivity contribution is 0.102. The number of nitrogens with one attached hydrogen (secondary N) is 1. The number of rotatable bonds is 7. The zero-order valence-corrected chi connectivity index (χ0v) is 17.3. The van der Waals surface area contributed by atoms with E-state index in [1.807, 2.05) is 36.4 Å². The number of halogens is 1. The van der Waals surface area contributed by atoms with Crippen LogP contribution in [0.4, 0.5) is 5.69 Å². The Morgan fingerprint density at radius 3 is 2.58 bits per heavy atom. The van der Waals surface area contributed by atoms with Crippen molar-refractivity contribution in [1.82, 2.24) is 0 Å². The van der Waals surface area contributed by atoms with Gasteiger partial charge in [-0.3, -0.25) is 4.79 Å². The van der Waals surface area contributed by atoms with Gasteiger partial charge in [0.1, 0.15) is 30.5 Å². The molecule has 1 heterocycles. The number of anilines is 1. The van der Waals surface area contributed by atoms with Gasteiger partial charge in [-0.1, -0.05) is 48.0 Å². The first-order chi connectivity index (χ1) is 15.1. The van der Waals surface area contributed by atoms with Crippen LogP contribution in [0.15, 0.2) is 89.3 Å². The van der Waals surface area contributed by atoms with Gasteiger partial charge in [-0.25, -0.2) is 0 Å². The van der Waals surface area contributed by atoms with Crippen LogP contribution in [0.5, 0.6) is 5.75 Å². The minimum absolute atomic E-state index is 0.181. The molecule has 5 nitrogen and oxygen atoms in total. The second kappa shape index (κ2) is 9.51. The van der Waals surface area contributed by atoms with E-state index in [9.17, 15) is 9.90 Å². The lowest BCUT2D eigenvalue weighted by Gasteiger charge is -2.11. The SMILES string of the molecule is O=C(Nc1cc(-c2ccc(CO)o2)ccc1Cl)c1cccc(OCc2ccccc2)c1. The first-order valence-corrected chi connectivity index (χ1v) is 10.1. The predicted molar refractivity (Wildman–Crippen MR) is 120 cm³/mol. The van der Waals surface area contributed by atoms with Crippen molar-refractivity contribution in [1.29, 1.82) is 0 Å². The number of carbonyl (C=O) groups is 1. The van der Waals surface area contributed by atoms with Gasteiger partial charge >= 0.3 is 0 Å². The number of aliphatic hydroxyl groups is 1. The zero-order chi connectivity index (χ0) is 21.6. The van der Waals surface area contributed by atoms with Crippen LogP contribution >= 0.6 is 11.6 Å². The molecule has 1 aromatic heterocycles. The minimum Gasteiger partial charge on any atom is -0.489 e. The Morgan fingerprint density at radius 2 is 1.81 bits per heavy atom. The average molecular weight is 434 g/mol. The maximum Gasteiger partial charge on any atom is 0.255 e. The zero-order valence-electron chi connectivity index (χ0n) is 16.5. The van der Waals surface area contributed by atoms with Gasteiger partial charge in [0.25, 0.3) is 5.91 Å². The summed E-state index contributed by atoms with van der Waals surface area (Å²) in [5, 5.41) is 12.4. The average Bonchev–Trinajstić information content (AvgIpc) is 3.29. The third-order valence-corrected chi connectivity index (χ3v) is 4.99. The van der Waals surface area contributed by atoms with Crippen LogP contribution in [-0.2, 0) is 13.2 Å². The summed E-state index contributed by atoms with van der Waals surface area (Å²) < 4.78 is 11.4. The summed E-state index contributed by atoms with van der Waals surface area (Å²) in [5.41, 5.74) is 2.69. The summed E-state index contributed by atoms with van der Waals surface area (Å²) in [5.74, 6) is 1.33. The molecule has 4 aromatic rings. The molecule has 0 unspecified atom stereocenters. The van der Waals surface area contributed by atoms with E-state index < -0.39 is 0 Å². The number of aliphatic hydroxyl groups excluding tert-OH is 1. The molecule has 4 rings (SSSR count). The molecule has 0 radical (unpaired) electrons.